The standard InChI is InChI=1S/C7H12N6/c1-2-10-7(9-1)11-3-4-13-6-8-5-12-13/h5-6H,1-4H2,(H2,9,10,11). The minimum atomic E-state index is 0.806. The van der Waals surface area contributed by atoms with Crippen LogP contribution < -0.4 is 10.6 Å². The first-order chi connectivity index (χ1) is 6.45. The number of rotatable bonds is 3. The molecule has 0 saturated carbocycles. The zero-order chi connectivity index (χ0) is 8.93. The second-order valence-corrected chi connectivity index (χ2v) is 2.74. The predicted molar refractivity (Wildman–Crippen MR) is 48.3 cm³/mol. The van der Waals surface area contributed by atoms with E-state index in [0.29, 0.717) is 0 Å². The Morgan fingerprint density at radius 3 is 3.31 bits per heavy atom. The molecule has 0 fully saturated rings. The summed E-state index contributed by atoms with van der Waals surface area (Å²) in [4.78, 5) is 8.05. The van der Waals surface area contributed by atoms with Crippen LogP contribution in [0.2, 0.25) is 0 Å². The van der Waals surface area contributed by atoms with Gasteiger partial charge in [-0.3, -0.25) is 9.67 Å². The fourth-order valence-corrected chi connectivity index (χ4v) is 1.15. The Morgan fingerprint density at radius 1 is 1.62 bits per heavy atom. The van der Waals surface area contributed by atoms with Gasteiger partial charge in [-0.05, 0) is 0 Å². The van der Waals surface area contributed by atoms with E-state index in [4.69, 9.17) is 0 Å². The van der Waals surface area contributed by atoms with E-state index in [1.54, 1.807) is 11.0 Å². The van der Waals surface area contributed by atoms with Crippen LogP contribution in [0.4, 0.5) is 0 Å². The highest BCUT2D eigenvalue weighted by atomic mass is 15.3. The number of nitrogens with one attached hydrogen (secondary N) is 2. The third-order valence-corrected chi connectivity index (χ3v) is 1.77. The Morgan fingerprint density at radius 2 is 2.62 bits per heavy atom. The molecule has 0 saturated heterocycles. The third-order valence-electron chi connectivity index (χ3n) is 1.77. The Bertz CT molecular complexity index is 277. The van der Waals surface area contributed by atoms with Crippen molar-refractivity contribution in [2.75, 3.05) is 19.6 Å². The molecule has 6 nitrogen and oxygen atoms in total. The Labute approximate surface area is 76.1 Å². The second kappa shape index (κ2) is 3.88. The zero-order valence-electron chi connectivity index (χ0n) is 7.27. The maximum Gasteiger partial charge on any atom is 0.191 e. The summed E-state index contributed by atoms with van der Waals surface area (Å²) in [7, 11) is 0. The van der Waals surface area contributed by atoms with Gasteiger partial charge in [0, 0.05) is 13.1 Å². The topological polar surface area (TPSA) is 67.1 Å². The molecular formula is C7H12N6. The molecule has 0 aromatic carbocycles. The maximum atomic E-state index is 4.20. The molecule has 0 amide bonds. The lowest BCUT2D eigenvalue weighted by molar-refractivity contribution is 0.599. The Kier molecular flexibility index (Phi) is 2.40. The van der Waals surface area contributed by atoms with Crippen LogP contribution in [0, 0.1) is 0 Å². The molecule has 0 radical (unpaired) electrons. The monoisotopic (exact) mass is 180 g/mol. The molecule has 0 unspecified atom stereocenters. The summed E-state index contributed by atoms with van der Waals surface area (Å²) in [5.74, 6) is 0.889. The molecule has 1 aliphatic heterocycles. The third kappa shape index (κ3) is 2.17. The fraction of sp³-hybridized carbons (Fsp3) is 0.571. The van der Waals surface area contributed by atoms with Crippen LogP contribution in [0.15, 0.2) is 17.6 Å². The van der Waals surface area contributed by atoms with Gasteiger partial charge in [0.2, 0.25) is 0 Å². The van der Waals surface area contributed by atoms with E-state index in [2.05, 4.69) is 25.7 Å². The van der Waals surface area contributed by atoms with Crippen molar-refractivity contribution < 1.29 is 0 Å². The molecule has 0 aliphatic carbocycles. The SMILES string of the molecule is c1ncn(CCNC2=NCCN2)n1. The van der Waals surface area contributed by atoms with Crippen LogP contribution in [0.1, 0.15) is 0 Å². The molecule has 0 spiro atoms. The van der Waals surface area contributed by atoms with E-state index in [0.717, 1.165) is 32.1 Å². The predicted octanol–water partition coefficient (Wildman–Crippen LogP) is -1.17. The van der Waals surface area contributed by atoms with Crippen LogP contribution in [0.3, 0.4) is 0 Å². The number of aliphatic imine (C=N–C) groups is 1. The lowest BCUT2D eigenvalue weighted by Crippen LogP contribution is -2.35. The van der Waals surface area contributed by atoms with Crippen LogP contribution in [0.25, 0.3) is 0 Å². The lowest BCUT2D eigenvalue weighted by atomic mass is 10.6. The first-order valence-corrected chi connectivity index (χ1v) is 4.30. The van der Waals surface area contributed by atoms with Crippen molar-refractivity contribution in [3.63, 3.8) is 0 Å². The summed E-state index contributed by atoms with van der Waals surface area (Å²) in [6, 6.07) is 0. The molecule has 13 heavy (non-hydrogen) atoms. The molecule has 0 atom stereocenters. The Balaban J connectivity index is 1.69. The van der Waals surface area contributed by atoms with Crippen molar-refractivity contribution >= 4 is 5.96 Å². The van der Waals surface area contributed by atoms with Gasteiger partial charge in [-0.15, -0.1) is 0 Å². The highest BCUT2D eigenvalue weighted by Crippen LogP contribution is 1.82. The molecule has 0 bridgehead atoms. The molecule has 1 aliphatic rings. The molecule has 2 N–H and O–H groups in total. The van der Waals surface area contributed by atoms with Crippen LogP contribution in [-0.2, 0) is 6.54 Å². The number of aromatic nitrogens is 3. The number of hydrogen-bond donors (Lipinski definition) is 2. The van der Waals surface area contributed by atoms with Gasteiger partial charge in [0.1, 0.15) is 12.7 Å². The van der Waals surface area contributed by atoms with Crippen molar-refractivity contribution in [2.45, 2.75) is 6.54 Å². The van der Waals surface area contributed by atoms with Gasteiger partial charge in [-0.1, -0.05) is 0 Å². The highest BCUT2D eigenvalue weighted by molar-refractivity contribution is 5.81. The van der Waals surface area contributed by atoms with Gasteiger partial charge in [-0.25, -0.2) is 4.98 Å². The summed E-state index contributed by atoms with van der Waals surface area (Å²) >= 11 is 0. The number of nitrogens with zero attached hydrogens (tertiary/aromatic N) is 4. The van der Waals surface area contributed by atoms with E-state index >= 15 is 0 Å². The van der Waals surface area contributed by atoms with E-state index < -0.39 is 0 Å². The van der Waals surface area contributed by atoms with Crippen molar-refractivity contribution in [2.24, 2.45) is 4.99 Å². The van der Waals surface area contributed by atoms with Crippen molar-refractivity contribution in [1.29, 1.82) is 0 Å². The molecule has 6 heteroatoms. The summed E-state index contributed by atoms with van der Waals surface area (Å²) in [6.07, 6.45) is 3.23. The van der Waals surface area contributed by atoms with E-state index in [-0.39, 0.29) is 0 Å². The second-order valence-electron chi connectivity index (χ2n) is 2.74. The zero-order valence-corrected chi connectivity index (χ0v) is 7.27. The highest BCUT2D eigenvalue weighted by Gasteiger charge is 2.02. The fourth-order valence-electron chi connectivity index (χ4n) is 1.15. The van der Waals surface area contributed by atoms with E-state index in [1.165, 1.54) is 6.33 Å². The Hall–Kier alpha value is -1.59. The van der Waals surface area contributed by atoms with Gasteiger partial charge in [0.25, 0.3) is 0 Å². The first-order valence-electron chi connectivity index (χ1n) is 4.30. The summed E-state index contributed by atoms with van der Waals surface area (Å²) in [5.41, 5.74) is 0. The number of hydrogen-bond acceptors (Lipinski definition) is 5. The van der Waals surface area contributed by atoms with Crippen molar-refractivity contribution in [1.82, 2.24) is 25.4 Å². The number of guanidine groups is 1. The molecular weight excluding hydrogens is 168 g/mol. The average molecular weight is 180 g/mol. The van der Waals surface area contributed by atoms with Gasteiger partial charge in [0.05, 0.1) is 13.1 Å². The van der Waals surface area contributed by atoms with Gasteiger partial charge in [0.15, 0.2) is 5.96 Å². The first kappa shape index (κ1) is 8.03. The summed E-state index contributed by atoms with van der Waals surface area (Å²) in [6.45, 7) is 3.42. The minimum absolute atomic E-state index is 0.806. The normalized spacial score (nSPS) is 15.2. The van der Waals surface area contributed by atoms with Crippen molar-refractivity contribution in [3.05, 3.63) is 12.7 Å². The van der Waals surface area contributed by atoms with Gasteiger partial charge >= 0.3 is 0 Å². The maximum absolute atomic E-state index is 4.20. The van der Waals surface area contributed by atoms with Gasteiger partial charge in [-0.2, -0.15) is 5.10 Å². The summed E-state index contributed by atoms with van der Waals surface area (Å²) in [5, 5.41) is 10.3. The van der Waals surface area contributed by atoms with Crippen LogP contribution in [0.5, 0.6) is 0 Å². The van der Waals surface area contributed by atoms with Crippen LogP contribution in [-0.4, -0.2) is 40.4 Å². The molecule has 70 valence electrons. The lowest BCUT2D eigenvalue weighted by Gasteiger charge is -2.05. The molecule has 1 aromatic rings. The summed E-state index contributed by atoms with van der Waals surface area (Å²) < 4.78 is 1.78. The van der Waals surface area contributed by atoms with Crippen molar-refractivity contribution in [3.8, 4) is 0 Å². The quantitative estimate of drug-likeness (QED) is 0.615. The van der Waals surface area contributed by atoms with E-state index in [1.807, 2.05) is 0 Å². The smallest absolute Gasteiger partial charge is 0.191 e. The molecule has 1 aromatic heterocycles. The molecule has 2 rings (SSSR count). The average Bonchev–Trinajstić information content (AvgIpc) is 2.75. The van der Waals surface area contributed by atoms with E-state index in [9.17, 15) is 0 Å². The molecule has 2 heterocycles. The largest absolute Gasteiger partial charge is 0.355 e. The van der Waals surface area contributed by atoms with Crippen LogP contribution >= 0.6 is 0 Å². The van der Waals surface area contributed by atoms with Gasteiger partial charge < -0.3 is 10.6 Å². The minimum Gasteiger partial charge on any atom is -0.355 e.